The number of hydrogen-bond acceptors (Lipinski definition) is 4. The zero-order chi connectivity index (χ0) is 14.8. The lowest BCUT2D eigenvalue weighted by atomic mass is 10.2. The van der Waals surface area contributed by atoms with Crippen molar-refractivity contribution in [3.8, 4) is 0 Å². The number of aliphatic carboxylic acids is 1. The Balaban J connectivity index is 1.79. The van der Waals surface area contributed by atoms with E-state index in [2.05, 4.69) is 4.98 Å². The fourth-order valence-electron chi connectivity index (χ4n) is 2.71. The number of fused-ring (bicyclic) bond motifs is 1. The van der Waals surface area contributed by atoms with E-state index in [1.165, 1.54) is 0 Å². The lowest BCUT2D eigenvalue weighted by Gasteiger charge is -2.22. The van der Waals surface area contributed by atoms with E-state index in [9.17, 15) is 9.59 Å². The number of nitrogens with zero attached hydrogens (tertiary/aromatic N) is 2. The second-order valence-corrected chi connectivity index (χ2v) is 6.22. The number of rotatable bonds is 4. The van der Waals surface area contributed by atoms with Crippen LogP contribution in [0.25, 0.3) is 10.2 Å². The van der Waals surface area contributed by atoms with E-state index in [1.54, 1.807) is 16.2 Å². The van der Waals surface area contributed by atoms with Crippen LogP contribution in [0.1, 0.15) is 36.7 Å². The van der Waals surface area contributed by atoms with Crippen molar-refractivity contribution >= 4 is 33.4 Å². The lowest BCUT2D eigenvalue weighted by molar-refractivity contribution is -0.141. The van der Waals surface area contributed by atoms with Gasteiger partial charge in [-0.05, 0) is 25.0 Å². The summed E-state index contributed by atoms with van der Waals surface area (Å²) in [7, 11) is 0. The van der Waals surface area contributed by atoms with Gasteiger partial charge in [-0.2, -0.15) is 0 Å². The number of aromatic nitrogens is 1. The molecule has 0 bridgehead atoms. The minimum Gasteiger partial charge on any atom is -0.481 e. The van der Waals surface area contributed by atoms with Crippen LogP contribution in [0, 0.1) is 0 Å². The number of benzene rings is 1. The average molecular weight is 304 g/mol. The van der Waals surface area contributed by atoms with Gasteiger partial charge in [0.05, 0.1) is 22.7 Å². The number of para-hydroxylation sites is 1. The van der Waals surface area contributed by atoms with Gasteiger partial charge in [-0.25, -0.2) is 4.98 Å². The molecule has 2 aromatic rings. The molecule has 1 fully saturated rings. The van der Waals surface area contributed by atoms with Crippen LogP contribution in [-0.4, -0.2) is 33.4 Å². The van der Waals surface area contributed by atoms with Crippen LogP contribution in [0.2, 0.25) is 0 Å². The predicted molar refractivity (Wildman–Crippen MR) is 80.2 cm³/mol. The van der Waals surface area contributed by atoms with Gasteiger partial charge in [0.15, 0.2) is 0 Å². The largest absolute Gasteiger partial charge is 0.481 e. The van der Waals surface area contributed by atoms with Crippen LogP contribution in [0.3, 0.4) is 0 Å². The fourth-order valence-corrected chi connectivity index (χ4v) is 3.83. The minimum atomic E-state index is -0.931. The second-order valence-electron chi connectivity index (χ2n) is 5.16. The molecule has 0 radical (unpaired) electrons. The van der Waals surface area contributed by atoms with Crippen molar-refractivity contribution < 1.29 is 14.7 Å². The Hall–Kier alpha value is -1.95. The van der Waals surface area contributed by atoms with E-state index >= 15 is 0 Å². The summed E-state index contributed by atoms with van der Waals surface area (Å²) in [6.45, 7) is 0.693. The number of hydrogen-bond donors (Lipinski definition) is 1. The smallest absolute Gasteiger partial charge is 0.303 e. The molecule has 1 N–H and O–H groups in total. The number of carbonyl (C=O) groups is 2. The van der Waals surface area contributed by atoms with Crippen molar-refractivity contribution in [2.24, 2.45) is 0 Å². The van der Waals surface area contributed by atoms with Gasteiger partial charge in [-0.3, -0.25) is 9.59 Å². The molecule has 0 aliphatic carbocycles. The van der Waals surface area contributed by atoms with Crippen molar-refractivity contribution in [3.05, 3.63) is 29.3 Å². The normalized spacial score (nSPS) is 18.3. The van der Waals surface area contributed by atoms with E-state index in [0.717, 1.165) is 28.1 Å². The molecule has 1 aromatic carbocycles. The van der Waals surface area contributed by atoms with Crippen molar-refractivity contribution in [2.45, 2.75) is 31.7 Å². The SMILES string of the molecule is O=C(O)CCC(=O)N1CCCC1c1nc2ccccc2s1. The third kappa shape index (κ3) is 2.90. The molecule has 5 nitrogen and oxygen atoms in total. The molecule has 1 saturated heterocycles. The van der Waals surface area contributed by atoms with E-state index in [0.29, 0.717) is 6.54 Å². The highest BCUT2D eigenvalue weighted by Gasteiger charge is 2.32. The maximum atomic E-state index is 12.2. The quantitative estimate of drug-likeness (QED) is 0.943. The predicted octanol–water partition coefficient (Wildman–Crippen LogP) is 2.82. The van der Waals surface area contributed by atoms with Crippen molar-refractivity contribution in [1.29, 1.82) is 0 Å². The summed E-state index contributed by atoms with van der Waals surface area (Å²) < 4.78 is 1.12. The second kappa shape index (κ2) is 5.81. The minimum absolute atomic E-state index is 0.00342. The zero-order valence-electron chi connectivity index (χ0n) is 11.5. The molecule has 1 atom stereocenters. The zero-order valence-corrected chi connectivity index (χ0v) is 12.3. The Morgan fingerprint density at radius 1 is 1.33 bits per heavy atom. The molecular formula is C15H16N2O3S. The van der Waals surface area contributed by atoms with Crippen LogP contribution in [0.15, 0.2) is 24.3 Å². The summed E-state index contributed by atoms with van der Waals surface area (Å²) in [5, 5.41) is 9.66. The standard InChI is InChI=1S/C15H16N2O3S/c18-13(7-8-14(19)20)17-9-3-5-11(17)15-16-10-4-1-2-6-12(10)21-15/h1-2,4,6,11H,3,5,7-9H2,(H,19,20). The van der Waals surface area contributed by atoms with Crippen LogP contribution in [0.4, 0.5) is 0 Å². The Morgan fingerprint density at radius 3 is 2.90 bits per heavy atom. The number of thiazole rings is 1. The summed E-state index contributed by atoms with van der Waals surface area (Å²) in [4.78, 5) is 29.2. The van der Waals surface area contributed by atoms with E-state index in [1.807, 2.05) is 24.3 Å². The highest BCUT2D eigenvalue weighted by molar-refractivity contribution is 7.18. The van der Waals surface area contributed by atoms with E-state index in [4.69, 9.17) is 5.11 Å². The molecule has 1 aromatic heterocycles. The molecule has 0 saturated carbocycles. The van der Waals surface area contributed by atoms with Crippen LogP contribution < -0.4 is 0 Å². The fraction of sp³-hybridized carbons (Fsp3) is 0.400. The maximum absolute atomic E-state index is 12.2. The third-order valence-corrected chi connectivity index (χ3v) is 4.86. The number of carboxylic acids is 1. The average Bonchev–Trinajstić information content (AvgIpc) is 3.10. The molecule has 6 heteroatoms. The summed E-state index contributed by atoms with van der Waals surface area (Å²) in [5.74, 6) is -1.02. The molecule has 1 aliphatic rings. The molecule has 110 valence electrons. The topological polar surface area (TPSA) is 70.5 Å². The van der Waals surface area contributed by atoms with Gasteiger partial charge in [0, 0.05) is 13.0 Å². The molecular weight excluding hydrogens is 288 g/mol. The summed E-state index contributed by atoms with van der Waals surface area (Å²) >= 11 is 1.62. The first-order chi connectivity index (χ1) is 10.1. The highest BCUT2D eigenvalue weighted by Crippen LogP contribution is 2.36. The van der Waals surface area contributed by atoms with Crippen LogP contribution in [-0.2, 0) is 9.59 Å². The highest BCUT2D eigenvalue weighted by atomic mass is 32.1. The number of carbonyl (C=O) groups excluding carboxylic acids is 1. The molecule has 0 spiro atoms. The number of likely N-dealkylation sites (tertiary alicyclic amines) is 1. The van der Waals surface area contributed by atoms with Gasteiger partial charge >= 0.3 is 5.97 Å². The Labute approximate surface area is 126 Å². The molecule has 1 unspecified atom stereocenters. The first-order valence-electron chi connectivity index (χ1n) is 7.02. The summed E-state index contributed by atoms with van der Waals surface area (Å²) in [5.41, 5.74) is 0.960. The van der Waals surface area contributed by atoms with E-state index < -0.39 is 5.97 Å². The molecule has 21 heavy (non-hydrogen) atoms. The maximum Gasteiger partial charge on any atom is 0.303 e. The summed E-state index contributed by atoms with van der Waals surface area (Å²) in [6, 6.07) is 7.94. The van der Waals surface area contributed by atoms with Crippen molar-refractivity contribution in [1.82, 2.24) is 9.88 Å². The first kappa shape index (κ1) is 14.0. The monoisotopic (exact) mass is 304 g/mol. The van der Waals surface area contributed by atoms with Crippen molar-refractivity contribution in [2.75, 3.05) is 6.54 Å². The molecule has 1 aliphatic heterocycles. The van der Waals surface area contributed by atoms with Gasteiger partial charge in [-0.1, -0.05) is 12.1 Å². The first-order valence-corrected chi connectivity index (χ1v) is 7.83. The Morgan fingerprint density at radius 2 is 2.14 bits per heavy atom. The van der Waals surface area contributed by atoms with Gasteiger partial charge in [0.1, 0.15) is 5.01 Å². The molecule has 1 amide bonds. The molecule has 3 rings (SSSR count). The van der Waals surface area contributed by atoms with E-state index in [-0.39, 0.29) is 24.8 Å². The number of amides is 1. The van der Waals surface area contributed by atoms with Gasteiger partial charge in [0.2, 0.25) is 5.91 Å². The Bertz CT molecular complexity index is 649. The van der Waals surface area contributed by atoms with Crippen molar-refractivity contribution in [3.63, 3.8) is 0 Å². The van der Waals surface area contributed by atoms with Gasteiger partial charge in [0.25, 0.3) is 0 Å². The van der Waals surface area contributed by atoms with Gasteiger partial charge < -0.3 is 10.0 Å². The lowest BCUT2D eigenvalue weighted by Crippen LogP contribution is -2.30. The van der Waals surface area contributed by atoms with Crippen LogP contribution in [0.5, 0.6) is 0 Å². The third-order valence-electron chi connectivity index (χ3n) is 3.72. The van der Waals surface area contributed by atoms with Gasteiger partial charge in [-0.15, -0.1) is 11.3 Å². The number of carboxylic acid groups (broad SMARTS) is 1. The van der Waals surface area contributed by atoms with Crippen LogP contribution >= 0.6 is 11.3 Å². The molecule has 2 heterocycles. The Kier molecular flexibility index (Phi) is 3.88. The summed E-state index contributed by atoms with van der Waals surface area (Å²) in [6.07, 6.45) is 1.80.